The predicted octanol–water partition coefficient (Wildman–Crippen LogP) is 4.78. The van der Waals surface area contributed by atoms with Gasteiger partial charge in [-0.05, 0) is 42.7 Å². The molecule has 1 saturated heterocycles. The second-order valence-corrected chi connectivity index (χ2v) is 5.63. The number of rotatable bonds is 4. The zero-order chi connectivity index (χ0) is 13.1. The second kappa shape index (κ2) is 5.64. The van der Waals surface area contributed by atoms with E-state index in [4.69, 9.17) is 0 Å². The number of hydrogen-bond donors (Lipinski definition) is 0. The van der Waals surface area contributed by atoms with E-state index in [9.17, 15) is 0 Å². The van der Waals surface area contributed by atoms with Gasteiger partial charge in [0.1, 0.15) is 0 Å². The maximum atomic E-state index is 2.57. The van der Waals surface area contributed by atoms with Crippen LogP contribution in [0.1, 0.15) is 38.2 Å². The number of benzene rings is 2. The SMILES string of the molecule is CCCCc1cc(N2CCCC2)c2ccccc2c1. The summed E-state index contributed by atoms with van der Waals surface area (Å²) in [6.45, 7) is 4.71. The van der Waals surface area contributed by atoms with Crippen LogP contribution in [0.5, 0.6) is 0 Å². The molecule has 1 nitrogen and oxygen atoms in total. The van der Waals surface area contributed by atoms with Crippen molar-refractivity contribution in [3.05, 3.63) is 42.0 Å². The maximum Gasteiger partial charge on any atom is 0.0448 e. The Kier molecular flexibility index (Phi) is 3.72. The first kappa shape index (κ1) is 12.5. The minimum absolute atomic E-state index is 1.21. The van der Waals surface area contributed by atoms with Crippen molar-refractivity contribution >= 4 is 16.5 Å². The Labute approximate surface area is 116 Å². The van der Waals surface area contributed by atoms with E-state index in [-0.39, 0.29) is 0 Å². The number of hydrogen-bond acceptors (Lipinski definition) is 1. The van der Waals surface area contributed by atoms with Crippen LogP contribution in [0.3, 0.4) is 0 Å². The fourth-order valence-corrected chi connectivity index (χ4v) is 3.10. The molecule has 0 unspecified atom stereocenters. The topological polar surface area (TPSA) is 3.24 Å². The number of nitrogens with zero attached hydrogens (tertiary/aromatic N) is 1. The van der Waals surface area contributed by atoms with E-state index in [1.54, 1.807) is 0 Å². The van der Waals surface area contributed by atoms with Crippen molar-refractivity contribution in [2.45, 2.75) is 39.0 Å². The van der Waals surface area contributed by atoms with E-state index in [1.807, 2.05) is 0 Å². The largest absolute Gasteiger partial charge is 0.371 e. The first-order chi connectivity index (χ1) is 9.38. The van der Waals surface area contributed by atoms with Crippen LogP contribution < -0.4 is 4.90 Å². The van der Waals surface area contributed by atoms with Gasteiger partial charge in [0.2, 0.25) is 0 Å². The lowest BCUT2D eigenvalue weighted by Crippen LogP contribution is -2.18. The minimum atomic E-state index is 1.21. The van der Waals surface area contributed by atoms with Crippen LogP contribution in [0.2, 0.25) is 0 Å². The molecule has 2 aromatic carbocycles. The van der Waals surface area contributed by atoms with Gasteiger partial charge in [-0.3, -0.25) is 0 Å². The lowest BCUT2D eigenvalue weighted by Gasteiger charge is -2.21. The van der Waals surface area contributed by atoms with E-state index in [0.717, 1.165) is 0 Å². The van der Waals surface area contributed by atoms with Gasteiger partial charge in [-0.1, -0.05) is 43.7 Å². The number of aryl methyl sites for hydroxylation is 1. The standard InChI is InChI=1S/C18H23N/c1-2-3-8-15-13-16-9-4-5-10-17(16)18(14-15)19-11-6-7-12-19/h4-5,9-10,13-14H,2-3,6-8,11-12H2,1H3. The third-order valence-electron chi connectivity index (χ3n) is 4.17. The zero-order valence-corrected chi connectivity index (χ0v) is 11.9. The summed E-state index contributed by atoms with van der Waals surface area (Å²) >= 11 is 0. The highest BCUT2D eigenvalue weighted by Gasteiger charge is 2.15. The smallest absolute Gasteiger partial charge is 0.0448 e. The molecule has 3 rings (SSSR count). The second-order valence-electron chi connectivity index (χ2n) is 5.63. The number of anilines is 1. The molecule has 2 aromatic rings. The molecule has 0 bridgehead atoms. The molecule has 0 saturated carbocycles. The van der Waals surface area contributed by atoms with Crippen LogP contribution in [0, 0.1) is 0 Å². The molecule has 0 N–H and O–H groups in total. The maximum absolute atomic E-state index is 2.57. The van der Waals surface area contributed by atoms with Crippen LogP contribution in [0.25, 0.3) is 10.8 Å². The Morgan fingerprint density at radius 3 is 2.63 bits per heavy atom. The van der Waals surface area contributed by atoms with Crippen molar-refractivity contribution < 1.29 is 0 Å². The summed E-state index contributed by atoms with van der Waals surface area (Å²) in [6.07, 6.45) is 6.45. The number of unbranched alkanes of at least 4 members (excludes halogenated alkanes) is 1. The molecule has 1 heteroatoms. The quantitative estimate of drug-likeness (QED) is 0.757. The van der Waals surface area contributed by atoms with Crippen molar-refractivity contribution in [1.82, 2.24) is 0 Å². The summed E-state index contributed by atoms with van der Waals surface area (Å²) in [5.74, 6) is 0. The van der Waals surface area contributed by atoms with Gasteiger partial charge in [-0.2, -0.15) is 0 Å². The van der Waals surface area contributed by atoms with Crippen LogP contribution in [0.15, 0.2) is 36.4 Å². The fourth-order valence-electron chi connectivity index (χ4n) is 3.10. The van der Waals surface area contributed by atoms with E-state index in [2.05, 4.69) is 48.2 Å². The predicted molar refractivity (Wildman–Crippen MR) is 84.0 cm³/mol. The molecule has 19 heavy (non-hydrogen) atoms. The highest BCUT2D eigenvalue weighted by molar-refractivity contribution is 5.95. The van der Waals surface area contributed by atoms with Gasteiger partial charge >= 0.3 is 0 Å². The summed E-state index contributed by atoms with van der Waals surface area (Å²) in [5, 5.41) is 2.82. The third kappa shape index (κ3) is 2.60. The first-order valence-corrected chi connectivity index (χ1v) is 7.65. The van der Waals surface area contributed by atoms with Crippen molar-refractivity contribution in [3.8, 4) is 0 Å². The summed E-state index contributed by atoms with van der Waals surface area (Å²) < 4.78 is 0. The van der Waals surface area contributed by atoms with Crippen molar-refractivity contribution in [3.63, 3.8) is 0 Å². The van der Waals surface area contributed by atoms with E-state index < -0.39 is 0 Å². The molecule has 0 spiro atoms. The van der Waals surface area contributed by atoms with Crippen molar-refractivity contribution in [1.29, 1.82) is 0 Å². The van der Waals surface area contributed by atoms with Gasteiger partial charge in [-0.25, -0.2) is 0 Å². The molecular weight excluding hydrogens is 230 g/mol. The summed E-state index contributed by atoms with van der Waals surface area (Å²) in [5.41, 5.74) is 2.96. The van der Waals surface area contributed by atoms with Crippen LogP contribution in [-0.4, -0.2) is 13.1 Å². The summed E-state index contributed by atoms with van der Waals surface area (Å²) in [7, 11) is 0. The van der Waals surface area contributed by atoms with Crippen LogP contribution in [0.4, 0.5) is 5.69 Å². The zero-order valence-electron chi connectivity index (χ0n) is 11.9. The highest BCUT2D eigenvalue weighted by Crippen LogP contribution is 2.31. The fraction of sp³-hybridized carbons (Fsp3) is 0.444. The molecule has 1 fully saturated rings. The van der Waals surface area contributed by atoms with E-state index in [0.29, 0.717) is 0 Å². The van der Waals surface area contributed by atoms with Gasteiger partial charge in [0.05, 0.1) is 0 Å². The van der Waals surface area contributed by atoms with E-state index in [1.165, 1.54) is 67.2 Å². The lowest BCUT2D eigenvalue weighted by molar-refractivity contribution is 0.795. The highest BCUT2D eigenvalue weighted by atomic mass is 15.1. The van der Waals surface area contributed by atoms with Gasteiger partial charge in [0.15, 0.2) is 0 Å². The van der Waals surface area contributed by atoms with Crippen LogP contribution in [-0.2, 0) is 6.42 Å². The Bertz CT molecular complexity index is 553. The molecule has 0 aliphatic carbocycles. The normalized spacial score (nSPS) is 15.3. The van der Waals surface area contributed by atoms with Gasteiger partial charge in [0, 0.05) is 24.2 Å². The Balaban J connectivity index is 2.05. The monoisotopic (exact) mass is 253 g/mol. The molecule has 0 atom stereocenters. The molecule has 1 aliphatic heterocycles. The minimum Gasteiger partial charge on any atom is -0.371 e. The summed E-state index contributed by atoms with van der Waals surface area (Å²) in [4.78, 5) is 2.57. The molecule has 0 amide bonds. The molecular formula is C18H23N. The average molecular weight is 253 g/mol. The van der Waals surface area contributed by atoms with Crippen LogP contribution >= 0.6 is 0 Å². The van der Waals surface area contributed by atoms with Crippen molar-refractivity contribution in [2.75, 3.05) is 18.0 Å². The third-order valence-corrected chi connectivity index (χ3v) is 4.17. The van der Waals surface area contributed by atoms with Gasteiger partial charge in [0.25, 0.3) is 0 Å². The summed E-state index contributed by atoms with van der Waals surface area (Å²) in [6, 6.07) is 13.7. The average Bonchev–Trinajstić information content (AvgIpc) is 2.98. The molecule has 100 valence electrons. The van der Waals surface area contributed by atoms with Crippen molar-refractivity contribution in [2.24, 2.45) is 0 Å². The Morgan fingerprint density at radius 2 is 1.84 bits per heavy atom. The molecule has 1 aliphatic rings. The Hall–Kier alpha value is -1.50. The molecule has 0 radical (unpaired) electrons. The van der Waals surface area contributed by atoms with E-state index >= 15 is 0 Å². The molecule has 0 aromatic heterocycles. The first-order valence-electron chi connectivity index (χ1n) is 7.65. The Morgan fingerprint density at radius 1 is 1.05 bits per heavy atom. The van der Waals surface area contributed by atoms with Gasteiger partial charge in [-0.15, -0.1) is 0 Å². The molecule has 1 heterocycles. The number of fused-ring (bicyclic) bond motifs is 1. The lowest BCUT2D eigenvalue weighted by atomic mass is 10.0. The van der Waals surface area contributed by atoms with Gasteiger partial charge < -0.3 is 4.90 Å².